The minimum atomic E-state index is 0.492. The van der Waals surface area contributed by atoms with Crippen LogP contribution in [0, 0.1) is 11.3 Å². The van der Waals surface area contributed by atoms with E-state index in [4.69, 9.17) is 4.74 Å². The van der Waals surface area contributed by atoms with Crippen molar-refractivity contribution in [3.8, 4) is 0 Å². The van der Waals surface area contributed by atoms with Crippen LogP contribution in [0.3, 0.4) is 0 Å². The zero-order chi connectivity index (χ0) is 11.6. The second-order valence-corrected chi connectivity index (χ2v) is 5.84. The zero-order valence-corrected chi connectivity index (χ0v) is 11.0. The molecule has 3 heteroatoms. The van der Waals surface area contributed by atoms with Crippen molar-refractivity contribution in [2.45, 2.75) is 33.2 Å². The van der Waals surface area contributed by atoms with Crippen LogP contribution in [0.25, 0.3) is 0 Å². The van der Waals surface area contributed by atoms with Gasteiger partial charge in [-0.05, 0) is 31.2 Å². The van der Waals surface area contributed by atoms with Crippen molar-refractivity contribution in [2.24, 2.45) is 11.3 Å². The first kappa shape index (κ1) is 12.3. The fraction of sp³-hybridized carbons (Fsp3) is 1.00. The number of nitrogens with one attached hydrogen (secondary N) is 1. The molecular weight excluding hydrogens is 200 g/mol. The summed E-state index contributed by atoms with van der Waals surface area (Å²) in [4.78, 5) is 2.62. The number of ether oxygens (including phenoxy) is 1. The number of nitrogens with zero attached hydrogens (tertiary/aromatic N) is 1. The van der Waals surface area contributed by atoms with Crippen LogP contribution in [0.1, 0.15) is 27.2 Å². The van der Waals surface area contributed by atoms with Crippen LogP contribution in [0.2, 0.25) is 0 Å². The maximum absolute atomic E-state index is 5.51. The Balaban J connectivity index is 1.99. The van der Waals surface area contributed by atoms with Crippen LogP contribution >= 0.6 is 0 Å². The van der Waals surface area contributed by atoms with Gasteiger partial charge >= 0.3 is 0 Å². The van der Waals surface area contributed by atoms with Gasteiger partial charge in [0, 0.05) is 25.7 Å². The van der Waals surface area contributed by atoms with Gasteiger partial charge in [0.1, 0.15) is 0 Å². The summed E-state index contributed by atoms with van der Waals surface area (Å²) < 4.78 is 5.51. The zero-order valence-electron chi connectivity index (χ0n) is 11.0. The molecule has 2 atom stereocenters. The Morgan fingerprint density at radius 2 is 2.31 bits per heavy atom. The molecule has 0 saturated carbocycles. The maximum atomic E-state index is 5.51. The van der Waals surface area contributed by atoms with Gasteiger partial charge in [0.25, 0.3) is 0 Å². The van der Waals surface area contributed by atoms with Gasteiger partial charge < -0.3 is 10.1 Å². The van der Waals surface area contributed by atoms with E-state index in [9.17, 15) is 0 Å². The molecule has 0 aromatic heterocycles. The monoisotopic (exact) mass is 226 g/mol. The van der Waals surface area contributed by atoms with Crippen LogP contribution in [0.5, 0.6) is 0 Å². The fourth-order valence-corrected chi connectivity index (χ4v) is 2.97. The lowest BCUT2D eigenvalue weighted by Crippen LogP contribution is -2.51. The first-order valence-electron chi connectivity index (χ1n) is 6.66. The van der Waals surface area contributed by atoms with E-state index in [0.717, 1.165) is 25.7 Å². The second kappa shape index (κ2) is 5.03. The lowest BCUT2D eigenvalue weighted by Gasteiger charge is -2.42. The lowest BCUT2D eigenvalue weighted by molar-refractivity contribution is -0.0252. The minimum absolute atomic E-state index is 0.492. The second-order valence-electron chi connectivity index (χ2n) is 5.84. The summed E-state index contributed by atoms with van der Waals surface area (Å²) in [6.07, 6.45) is 1.33. The maximum Gasteiger partial charge on any atom is 0.0619 e. The number of rotatable bonds is 3. The van der Waals surface area contributed by atoms with Crippen molar-refractivity contribution >= 4 is 0 Å². The molecule has 2 rings (SSSR count). The van der Waals surface area contributed by atoms with Gasteiger partial charge in [-0.2, -0.15) is 0 Å². The first-order valence-corrected chi connectivity index (χ1v) is 6.66. The SMILES string of the molecule is CC1COCCN1CC1(C(C)C)CCNC1. The summed E-state index contributed by atoms with van der Waals surface area (Å²) in [5.41, 5.74) is 0.492. The van der Waals surface area contributed by atoms with Gasteiger partial charge in [-0.15, -0.1) is 0 Å². The largest absolute Gasteiger partial charge is 0.379 e. The summed E-state index contributed by atoms with van der Waals surface area (Å²) in [7, 11) is 0. The molecule has 2 aliphatic rings. The van der Waals surface area contributed by atoms with E-state index in [2.05, 4.69) is 31.0 Å². The van der Waals surface area contributed by atoms with Crippen LogP contribution in [0.4, 0.5) is 0 Å². The molecule has 0 aromatic rings. The van der Waals surface area contributed by atoms with Crippen LogP contribution in [0.15, 0.2) is 0 Å². The topological polar surface area (TPSA) is 24.5 Å². The van der Waals surface area contributed by atoms with Crippen molar-refractivity contribution in [3.63, 3.8) is 0 Å². The number of hydrogen-bond acceptors (Lipinski definition) is 3. The van der Waals surface area contributed by atoms with Crippen molar-refractivity contribution in [3.05, 3.63) is 0 Å². The van der Waals surface area contributed by atoms with Gasteiger partial charge in [-0.1, -0.05) is 13.8 Å². The van der Waals surface area contributed by atoms with Crippen LogP contribution in [-0.4, -0.2) is 50.3 Å². The van der Waals surface area contributed by atoms with Gasteiger partial charge in [0.05, 0.1) is 13.2 Å². The van der Waals surface area contributed by atoms with Gasteiger partial charge in [-0.3, -0.25) is 4.90 Å². The van der Waals surface area contributed by atoms with Crippen molar-refractivity contribution < 1.29 is 4.74 Å². The minimum Gasteiger partial charge on any atom is -0.379 e. The molecule has 2 heterocycles. The molecule has 0 aromatic carbocycles. The van der Waals surface area contributed by atoms with Crippen LogP contribution < -0.4 is 5.32 Å². The molecule has 1 N–H and O–H groups in total. The highest BCUT2D eigenvalue weighted by atomic mass is 16.5. The molecule has 2 aliphatic heterocycles. The Hall–Kier alpha value is -0.120. The Morgan fingerprint density at radius 1 is 1.50 bits per heavy atom. The Bertz CT molecular complexity index is 224. The molecule has 0 amide bonds. The Kier molecular flexibility index (Phi) is 3.88. The van der Waals surface area contributed by atoms with E-state index >= 15 is 0 Å². The third kappa shape index (κ3) is 2.41. The summed E-state index contributed by atoms with van der Waals surface area (Å²) in [5.74, 6) is 0.762. The summed E-state index contributed by atoms with van der Waals surface area (Å²) >= 11 is 0. The van der Waals surface area contributed by atoms with Gasteiger partial charge in [0.15, 0.2) is 0 Å². The van der Waals surface area contributed by atoms with E-state index in [1.165, 1.54) is 26.1 Å². The van der Waals surface area contributed by atoms with E-state index in [1.54, 1.807) is 0 Å². The number of morpholine rings is 1. The Labute approximate surface area is 99.5 Å². The van der Waals surface area contributed by atoms with Crippen molar-refractivity contribution in [2.75, 3.05) is 39.4 Å². The first-order chi connectivity index (χ1) is 7.64. The van der Waals surface area contributed by atoms with Crippen molar-refractivity contribution in [1.82, 2.24) is 10.2 Å². The molecular formula is C13H26N2O. The highest BCUT2D eigenvalue weighted by Gasteiger charge is 2.39. The number of hydrogen-bond donors (Lipinski definition) is 1. The molecule has 16 heavy (non-hydrogen) atoms. The van der Waals surface area contributed by atoms with E-state index in [0.29, 0.717) is 11.5 Å². The molecule has 0 aliphatic carbocycles. The third-order valence-electron chi connectivity index (χ3n) is 4.52. The molecule has 2 unspecified atom stereocenters. The molecule has 2 fully saturated rings. The third-order valence-corrected chi connectivity index (χ3v) is 4.52. The normalized spacial score (nSPS) is 37.1. The van der Waals surface area contributed by atoms with Gasteiger partial charge in [0.2, 0.25) is 0 Å². The average Bonchev–Trinajstić information content (AvgIpc) is 2.71. The van der Waals surface area contributed by atoms with Crippen molar-refractivity contribution in [1.29, 1.82) is 0 Å². The fourth-order valence-electron chi connectivity index (χ4n) is 2.97. The standard InChI is InChI=1S/C13H26N2O/c1-11(2)13(4-5-14-9-13)10-15-6-7-16-8-12(15)3/h11-12,14H,4-10H2,1-3H3. The van der Waals surface area contributed by atoms with E-state index in [-0.39, 0.29) is 0 Å². The van der Waals surface area contributed by atoms with Crippen LogP contribution in [-0.2, 0) is 4.74 Å². The van der Waals surface area contributed by atoms with E-state index in [1.807, 2.05) is 0 Å². The average molecular weight is 226 g/mol. The molecule has 2 saturated heterocycles. The molecule has 0 spiro atoms. The highest BCUT2D eigenvalue weighted by Crippen LogP contribution is 2.35. The smallest absolute Gasteiger partial charge is 0.0619 e. The molecule has 0 radical (unpaired) electrons. The molecule has 0 bridgehead atoms. The lowest BCUT2D eigenvalue weighted by atomic mass is 9.75. The quantitative estimate of drug-likeness (QED) is 0.786. The molecule has 94 valence electrons. The summed E-state index contributed by atoms with van der Waals surface area (Å²) in [6.45, 7) is 13.6. The Morgan fingerprint density at radius 3 is 2.88 bits per heavy atom. The molecule has 3 nitrogen and oxygen atoms in total. The van der Waals surface area contributed by atoms with E-state index < -0.39 is 0 Å². The highest BCUT2D eigenvalue weighted by molar-refractivity contribution is 4.94. The van der Waals surface area contributed by atoms with Gasteiger partial charge in [-0.25, -0.2) is 0 Å². The predicted molar refractivity (Wildman–Crippen MR) is 66.6 cm³/mol. The summed E-state index contributed by atoms with van der Waals surface area (Å²) in [5, 5.41) is 3.54. The predicted octanol–water partition coefficient (Wildman–Crippen LogP) is 1.34. The summed E-state index contributed by atoms with van der Waals surface area (Å²) in [6, 6.07) is 0.588.